The number of aryl methyl sites for hydroxylation is 1. The quantitative estimate of drug-likeness (QED) is 0.841. The van der Waals surface area contributed by atoms with Crippen LogP contribution in [0, 0.1) is 6.92 Å². The molecule has 4 nitrogen and oxygen atoms in total. The van der Waals surface area contributed by atoms with E-state index in [0.717, 1.165) is 35.6 Å². The van der Waals surface area contributed by atoms with Gasteiger partial charge >= 0.3 is 0 Å². The molecule has 1 rings (SSSR count). The highest BCUT2D eigenvalue weighted by atomic mass is 16.5. The number of ether oxygens (including phenoxy) is 2. The molecule has 0 saturated carbocycles. The van der Waals surface area contributed by atoms with E-state index < -0.39 is 0 Å². The van der Waals surface area contributed by atoms with Crippen molar-refractivity contribution >= 4 is 0 Å². The zero-order valence-corrected chi connectivity index (χ0v) is 12.0. The maximum atomic E-state index is 6.26. The van der Waals surface area contributed by atoms with Gasteiger partial charge in [-0.25, -0.2) is 0 Å². The minimum absolute atomic E-state index is 0.0201. The Balaban J connectivity index is 2.99. The predicted molar refractivity (Wildman–Crippen MR) is 74.4 cm³/mol. The van der Waals surface area contributed by atoms with Gasteiger partial charge in [0.25, 0.3) is 0 Å². The average Bonchev–Trinajstić information content (AvgIpc) is 2.34. The third kappa shape index (κ3) is 3.62. The Morgan fingerprint density at radius 3 is 2.39 bits per heavy atom. The first-order valence-electron chi connectivity index (χ1n) is 6.12. The van der Waals surface area contributed by atoms with Crippen molar-refractivity contribution in [3.63, 3.8) is 0 Å². The van der Waals surface area contributed by atoms with Crippen molar-refractivity contribution in [1.29, 1.82) is 0 Å². The van der Waals surface area contributed by atoms with Crippen molar-refractivity contribution in [2.45, 2.75) is 19.4 Å². The van der Waals surface area contributed by atoms with Crippen molar-refractivity contribution in [1.82, 2.24) is 4.90 Å². The highest BCUT2D eigenvalue weighted by Gasteiger charge is 2.16. The Bertz CT molecular complexity index is 392. The monoisotopic (exact) mass is 252 g/mol. The normalized spacial score (nSPS) is 12.6. The Kier molecular flexibility index (Phi) is 5.44. The highest BCUT2D eigenvalue weighted by Crippen LogP contribution is 2.33. The van der Waals surface area contributed by atoms with Crippen LogP contribution < -0.4 is 15.2 Å². The molecule has 2 N–H and O–H groups in total. The van der Waals surface area contributed by atoms with Gasteiger partial charge in [0.05, 0.1) is 14.2 Å². The zero-order chi connectivity index (χ0) is 13.7. The average molecular weight is 252 g/mol. The zero-order valence-electron chi connectivity index (χ0n) is 12.0. The van der Waals surface area contributed by atoms with E-state index in [1.54, 1.807) is 14.2 Å². The second-order valence-corrected chi connectivity index (χ2v) is 4.76. The lowest BCUT2D eigenvalue weighted by Gasteiger charge is -2.20. The van der Waals surface area contributed by atoms with Crippen LogP contribution in [0.15, 0.2) is 12.1 Å². The van der Waals surface area contributed by atoms with Crippen LogP contribution >= 0.6 is 0 Å². The topological polar surface area (TPSA) is 47.7 Å². The summed E-state index contributed by atoms with van der Waals surface area (Å²) in [5, 5.41) is 0. The lowest BCUT2D eigenvalue weighted by Crippen LogP contribution is -2.21. The maximum absolute atomic E-state index is 6.26. The van der Waals surface area contributed by atoms with Gasteiger partial charge in [0.2, 0.25) is 0 Å². The molecule has 0 saturated heterocycles. The summed E-state index contributed by atoms with van der Waals surface area (Å²) in [7, 11) is 7.41. The molecule has 0 amide bonds. The second kappa shape index (κ2) is 6.61. The molecular formula is C14H24N2O2. The van der Waals surface area contributed by atoms with E-state index in [-0.39, 0.29) is 6.04 Å². The molecule has 0 aliphatic heterocycles. The van der Waals surface area contributed by atoms with Crippen LogP contribution in [0.1, 0.15) is 23.6 Å². The largest absolute Gasteiger partial charge is 0.497 e. The van der Waals surface area contributed by atoms with Crippen LogP contribution in [0.25, 0.3) is 0 Å². The molecule has 1 aromatic carbocycles. The number of hydrogen-bond donors (Lipinski definition) is 1. The van der Waals surface area contributed by atoms with Gasteiger partial charge in [-0.3, -0.25) is 0 Å². The smallest absolute Gasteiger partial charge is 0.127 e. The molecule has 0 aromatic heterocycles. The first kappa shape index (κ1) is 14.8. The Morgan fingerprint density at radius 1 is 1.22 bits per heavy atom. The number of nitrogens with zero attached hydrogens (tertiary/aromatic N) is 1. The van der Waals surface area contributed by atoms with Crippen molar-refractivity contribution in [2.75, 3.05) is 34.9 Å². The van der Waals surface area contributed by atoms with Crippen LogP contribution in [-0.4, -0.2) is 39.8 Å². The summed E-state index contributed by atoms with van der Waals surface area (Å²) in [6.45, 7) is 2.99. The number of methoxy groups -OCH3 is 2. The van der Waals surface area contributed by atoms with Crippen molar-refractivity contribution < 1.29 is 9.47 Å². The molecule has 0 aliphatic carbocycles. The van der Waals surface area contributed by atoms with Gasteiger partial charge in [-0.2, -0.15) is 0 Å². The number of hydrogen-bond acceptors (Lipinski definition) is 4. The van der Waals surface area contributed by atoms with Crippen molar-refractivity contribution in [3.05, 3.63) is 23.3 Å². The van der Waals surface area contributed by atoms with E-state index >= 15 is 0 Å². The van der Waals surface area contributed by atoms with Gasteiger partial charge < -0.3 is 20.1 Å². The molecule has 0 bridgehead atoms. The fraction of sp³-hybridized carbons (Fsp3) is 0.571. The number of rotatable bonds is 6. The molecule has 0 fully saturated rings. The maximum Gasteiger partial charge on any atom is 0.127 e. The summed E-state index contributed by atoms with van der Waals surface area (Å²) in [5.41, 5.74) is 8.44. The molecule has 1 aromatic rings. The molecular weight excluding hydrogens is 228 g/mol. The SMILES string of the molecule is COc1cc(C)c(C(N)CCN(C)C)c(OC)c1. The van der Waals surface area contributed by atoms with Gasteiger partial charge in [0.1, 0.15) is 11.5 Å². The standard InChI is InChI=1S/C14H24N2O2/c1-10-8-11(17-4)9-13(18-5)14(10)12(15)6-7-16(2)3/h8-9,12H,6-7,15H2,1-5H3. The second-order valence-electron chi connectivity index (χ2n) is 4.76. The third-order valence-corrected chi connectivity index (χ3v) is 3.04. The van der Waals surface area contributed by atoms with Crippen LogP contribution in [0.3, 0.4) is 0 Å². The van der Waals surface area contributed by atoms with E-state index in [4.69, 9.17) is 15.2 Å². The minimum atomic E-state index is -0.0201. The van der Waals surface area contributed by atoms with Crippen LogP contribution in [-0.2, 0) is 0 Å². The lowest BCUT2D eigenvalue weighted by molar-refractivity contribution is 0.367. The van der Waals surface area contributed by atoms with Crippen molar-refractivity contribution in [3.8, 4) is 11.5 Å². The lowest BCUT2D eigenvalue weighted by atomic mass is 9.97. The van der Waals surface area contributed by atoms with Crippen LogP contribution in [0.2, 0.25) is 0 Å². The summed E-state index contributed by atoms with van der Waals surface area (Å²) in [5.74, 6) is 1.60. The first-order chi connectivity index (χ1) is 8.49. The molecule has 18 heavy (non-hydrogen) atoms. The van der Waals surface area contributed by atoms with Gasteiger partial charge in [0, 0.05) is 17.7 Å². The summed E-state index contributed by atoms with van der Waals surface area (Å²) >= 11 is 0. The molecule has 1 unspecified atom stereocenters. The van der Waals surface area contributed by atoms with Gasteiger partial charge in [-0.05, 0) is 45.6 Å². The molecule has 0 spiro atoms. The molecule has 0 aliphatic rings. The van der Waals surface area contributed by atoms with Crippen LogP contribution in [0.5, 0.6) is 11.5 Å². The van der Waals surface area contributed by atoms with Crippen LogP contribution in [0.4, 0.5) is 0 Å². The summed E-state index contributed by atoms with van der Waals surface area (Å²) in [6.07, 6.45) is 0.899. The van der Waals surface area contributed by atoms with E-state index in [1.165, 1.54) is 0 Å². The molecule has 1 atom stereocenters. The van der Waals surface area contributed by atoms with Crippen molar-refractivity contribution in [2.24, 2.45) is 5.73 Å². The molecule has 0 heterocycles. The summed E-state index contributed by atoms with van der Waals surface area (Å²) in [4.78, 5) is 2.13. The van der Waals surface area contributed by atoms with E-state index in [2.05, 4.69) is 4.90 Å². The number of nitrogens with two attached hydrogens (primary N) is 1. The highest BCUT2D eigenvalue weighted by molar-refractivity contribution is 5.47. The Hall–Kier alpha value is -1.26. The molecule has 0 radical (unpaired) electrons. The Labute approximate surface area is 110 Å². The van der Waals surface area contributed by atoms with Gasteiger partial charge in [-0.15, -0.1) is 0 Å². The Morgan fingerprint density at radius 2 is 1.89 bits per heavy atom. The third-order valence-electron chi connectivity index (χ3n) is 3.04. The van der Waals surface area contributed by atoms with E-state index in [0.29, 0.717) is 0 Å². The fourth-order valence-corrected chi connectivity index (χ4v) is 2.04. The van der Waals surface area contributed by atoms with E-state index in [9.17, 15) is 0 Å². The summed E-state index contributed by atoms with van der Waals surface area (Å²) in [6, 6.07) is 3.86. The number of benzene rings is 1. The molecule has 102 valence electrons. The minimum Gasteiger partial charge on any atom is -0.497 e. The fourth-order valence-electron chi connectivity index (χ4n) is 2.04. The predicted octanol–water partition coefficient (Wildman–Crippen LogP) is 1.96. The van der Waals surface area contributed by atoms with E-state index in [1.807, 2.05) is 33.2 Å². The molecule has 4 heteroatoms. The summed E-state index contributed by atoms with van der Waals surface area (Å²) < 4.78 is 10.7. The first-order valence-corrected chi connectivity index (χ1v) is 6.12. The van der Waals surface area contributed by atoms with Gasteiger partial charge in [0.15, 0.2) is 0 Å². The van der Waals surface area contributed by atoms with Gasteiger partial charge in [-0.1, -0.05) is 0 Å².